The van der Waals surface area contributed by atoms with Gasteiger partial charge in [-0.1, -0.05) is 24.6 Å². The standard InChI is InChI=1S/C14H18ClN3/c1-4-13-11(9-18(3)17-13)8-16-14-7-10(2)5-6-12(14)15/h5-7,9,16H,4,8H2,1-3H3. The highest BCUT2D eigenvalue weighted by molar-refractivity contribution is 6.33. The molecule has 1 aromatic carbocycles. The summed E-state index contributed by atoms with van der Waals surface area (Å²) in [5, 5.41) is 8.55. The summed E-state index contributed by atoms with van der Waals surface area (Å²) in [6.07, 6.45) is 2.99. The van der Waals surface area contributed by atoms with Crippen LogP contribution in [0.5, 0.6) is 0 Å². The van der Waals surface area contributed by atoms with Crippen LogP contribution in [-0.2, 0) is 20.0 Å². The van der Waals surface area contributed by atoms with Crippen molar-refractivity contribution in [3.8, 4) is 0 Å². The molecule has 18 heavy (non-hydrogen) atoms. The van der Waals surface area contributed by atoms with Crippen molar-refractivity contribution in [1.29, 1.82) is 0 Å². The summed E-state index contributed by atoms with van der Waals surface area (Å²) in [7, 11) is 1.95. The molecular weight excluding hydrogens is 246 g/mol. The van der Waals surface area contributed by atoms with Gasteiger partial charge in [-0.3, -0.25) is 4.68 Å². The number of nitrogens with zero attached hydrogens (tertiary/aromatic N) is 2. The zero-order valence-electron chi connectivity index (χ0n) is 11.0. The average Bonchev–Trinajstić information content (AvgIpc) is 2.71. The molecule has 2 rings (SSSR count). The second-order valence-corrected chi connectivity index (χ2v) is 4.87. The van der Waals surface area contributed by atoms with Crippen molar-refractivity contribution in [2.75, 3.05) is 5.32 Å². The van der Waals surface area contributed by atoms with Crippen molar-refractivity contribution in [1.82, 2.24) is 9.78 Å². The highest BCUT2D eigenvalue weighted by atomic mass is 35.5. The summed E-state index contributed by atoms with van der Waals surface area (Å²) in [4.78, 5) is 0. The fourth-order valence-corrected chi connectivity index (χ4v) is 2.18. The smallest absolute Gasteiger partial charge is 0.0671 e. The Morgan fingerprint density at radius 2 is 2.17 bits per heavy atom. The molecule has 2 aromatic rings. The normalized spacial score (nSPS) is 10.7. The zero-order valence-corrected chi connectivity index (χ0v) is 11.8. The molecule has 0 radical (unpaired) electrons. The van der Waals surface area contributed by atoms with Gasteiger partial charge in [0.15, 0.2) is 0 Å². The first-order chi connectivity index (χ1) is 8.60. The first-order valence-electron chi connectivity index (χ1n) is 6.11. The van der Waals surface area contributed by atoms with Crippen LogP contribution in [0.25, 0.3) is 0 Å². The number of anilines is 1. The number of hydrogen-bond acceptors (Lipinski definition) is 2. The molecule has 0 aliphatic carbocycles. The molecule has 0 saturated carbocycles. The fraction of sp³-hybridized carbons (Fsp3) is 0.357. The lowest BCUT2D eigenvalue weighted by molar-refractivity contribution is 0.746. The van der Waals surface area contributed by atoms with Gasteiger partial charge in [-0.2, -0.15) is 5.10 Å². The Bertz CT molecular complexity index is 546. The van der Waals surface area contributed by atoms with Gasteiger partial charge in [0, 0.05) is 25.4 Å². The molecule has 0 fully saturated rings. The van der Waals surface area contributed by atoms with Crippen LogP contribution >= 0.6 is 11.6 Å². The van der Waals surface area contributed by atoms with Crippen LogP contribution in [0.3, 0.4) is 0 Å². The van der Waals surface area contributed by atoms with Gasteiger partial charge in [-0.25, -0.2) is 0 Å². The first kappa shape index (κ1) is 13.0. The second-order valence-electron chi connectivity index (χ2n) is 4.47. The highest BCUT2D eigenvalue weighted by Gasteiger charge is 2.06. The molecule has 1 aromatic heterocycles. The van der Waals surface area contributed by atoms with E-state index in [1.165, 1.54) is 11.1 Å². The third-order valence-electron chi connectivity index (χ3n) is 2.92. The van der Waals surface area contributed by atoms with Crippen molar-refractivity contribution < 1.29 is 0 Å². The van der Waals surface area contributed by atoms with Crippen LogP contribution in [0.1, 0.15) is 23.7 Å². The molecule has 0 saturated heterocycles. The zero-order chi connectivity index (χ0) is 13.1. The SMILES string of the molecule is CCc1nn(C)cc1CNc1cc(C)ccc1Cl. The van der Waals surface area contributed by atoms with Gasteiger partial charge < -0.3 is 5.32 Å². The van der Waals surface area contributed by atoms with E-state index in [4.69, 9.17) is 11.6 Å². The molecule has 0 unspecified atom stereocenters. The molecule has 0 spiro atoms. The minimum Gasteiger partial charge on any atom is -0.380 e. The number of benzene rings is 1. The van der Waals surface area contributed by atoms with E-state index in [0.29, 0.717) is 0 Å². The largest absolute Gasteiger partial charge is 0.380 e. The Hall–Kier alpha value is -1.48. The lowest BCUT2D eigenvalue weighted by Gasteiger charge is -2.09. The van der Waals surface area contributed by atoms with Crippen LogP contribution in [0.4, 0.5) is 5.69 Å². The van der Waals surface area contributed by atoms with Crippen molar-refractivity contribution in [3.63, 3.8) is 0 Å². The van der Waals surface area contributed by atoms with Crippen LogP contribution in [-0.4, -0.2) is 9.78 Å². The number of rotatable bonds is 4. The highest BCUT2D eigenvalue weighted by Crippen LogP contribution is 2.23. The van der Waals surface area contributed by atoms with E-state index in [9.17, 15) is 0 Å². The Balaban J connectivity index is 2.13. The predicted octanol–water partition coefficient (Wildman–Crippen LogP) is 3.56. The number of aryl methyl sites for hydroxylation is 3. The molecule has 0 aliphatic rings. The first-order valence-corrected chi connectivity index (χ1v) is 6.49. The van der Waals surface area contributed by atoms with Crippen molar-refractivity contribution in [2.45, 2.75) is 26.8 Å². The van der Waals surface area contributed by atoms with Crippen LogP contribution in [0.15, 0.2) is 24.4 Å². The summed E-state index contributed by atoms with van der Waals surface area (Å²) in [6, 6.07) is 5.99. The Kier molecular flexibility index (Phi) is 3.92. The van der Waals surface area contributed by atoms with Gasteiger partial charge in [0.2, 0.25) is 0 Å². The van der Waals surface area contributed by atoms with Gasteiger partial charge in [0.25, 0.3) is 0 Å². The number of aromatic nitrogens is 2. The minimum atomic E-state index is 0.750. The molecule has 0 bridgehead atoms. The number of hydrogen-bond donors (Lipinski definition) is 1. The van der Waals surface area contributed by atoms with E-state index in [1.807, 2.05) is 23.9 Å². The summed E-state index contributed by atoms with van der Waals surface area (Å²) < 4.78 is 1.85. The van der Waals surface area contributed by atoms with Gasteiger partial charge in [0.1, 0.15) is 0 Å². The molecule has 96 valence electrons. The summed E-state index contributed by atoms with van der Waals surface area (Å²) in [6.45, 7) is 4.93. The molecule has 3 nitrogen and oxygen atoms in total. The maximum Gasteiger partial charge on any atom is 0.0671 e. The van der Waals surface area contributed by atoms with Crippen molar-refractivity contribution in [3.05, 3.63) is 46.2 Å². The lowest BCUT2D eigenvalue weighted by atomic mass is 10.2. The second kappa shape index (κ2) is 5.44. The van der Waals surface area contributed by atoms with Crippen LogP contribution in [0.2, 0.25) is 5.02 Å². The minimum absolute atomic E-state index is 0.750. The van der Waals surface area contributed by atoms with Crippen molar-refractivity contribution in [2.24, 2.45) is 7.05 Å². The van der Waals surface area contributed by atoms with Crippen LogP contribution in [0, 0.1) is 6.92 Å². The van der Waals surface area contributed by atoms with Crippen molar-refractivity contribution >= 4 is 17.3 Å². The summed E-state index contributed by atoms with van der Waals surface area (Å²) in [5.41, 5.74) is 4.53. The molecular formula is C14H18ClN3. The molecule has 0 atom stereocenters. The van der Waals surface area contributed by atoms with E-state index in [-0.39, 0.29) is 0 Å². The third-order valence-corrected chi connectivity index (χ3v) is 3.25. The van der Waals surface area contributed by atoms with Gasteiger partial charge in [0.05, 0.1) is 16.4 Å². The Labute approximate surface area is 113 Å². The Morgan fingerprint density at radius 3 is 2.89 bits per heavy atom. The predicted molar refractivity (Wildman–Crippen MR) is 76.1 cm³/mol. The van der Waals surface area contributed by atoms with Crippen LogP contribution < -0.4 is 5.32 Å². The molecule has 1 heterocycles. The monoisotopic (exact) mass is 263 g/mol. The van der Waals surface area contributed by atoms with Gasteiger partial charge in [-0.05, 0) is 31.0 Å². The number of halogens is 1. The van der Waals surface area contributed by atoms with E-state index in [0.717, 1.165) is 29.4 Å². The van der Waals surface area contributed by atoms with E-state index in [2.05, 4.69) is 36.5 Å². The molecule has 0 aliphatic heterocycles. The van der Waals surface area contributed by atoms with E-state index < -0.39 is 0 Å². The molecule has 0 amide bonds. The average molecular weight is 264 g/mol. The quantitative estimate of drug-likeness (QED) is 0.914. The van der Waals surface area contributed by atoms with Gasteiger partial charge in [-0.15, -0.1) is 0 Å². The van der Waals surface area contributed by atoms with E-state index >= 15 is 0 Å². The molecule has 4 heteroatoms. The topological polar surface area (TPSA) is 29.9 Å². The lowest BCUT2D eigenvalue weighted by Crippen LogP contribution is -2.01. The maximum absolute atomic E-state index is 6.16. The summed E-state index contributed by atoms with van der Waals surface area (Å²) in [5.74, 6) is 0. The fourth-order valence-electron chi connectivity index (χ4n) is 1.99. The van der Waals surface area contributed by atoms with Gasteiger partial charge >= 0.3 is 0 Å². The number of nitrogens with one attached hydrogen (secondary N) is 1. The maximum atomic E-state index is 6.16. The third kappa shape index (κ3) is 2.85. The Morgan fingerprint density at radius 1 is 1.39 bits per heavy atom. The summed E-state index contributed by atoms with van der Waals surface area (Å²) >= 11 is 6.16. The molecule has 1 N–H and O–H groups in total. The van der Waals surface area contributed by atoms with E-state index in [1.54, 1.807) is 0 Å².